The standard InChI is InChI=1S/C21H23FN4O2/c1-21(2,3)18-11-19(24-16-7-5-4-6-15(16)20(27)28)26(25-18)17-10-14(22)9-8-13(17)12-23/h4-11,24H,12,23H2,1-3H3,(H,27,28). The molecule has 0 bridgehead atoms. The molecule has 2 aromatic carbocycles. The zero-order valence-corrected chi connectivity index (χ0v) is 16.0. The molecule has 0 aliphatic rings. The second-order valence-electron chi connectivity index (χ2n) is 7.53. The quantitative estimate of drug-likeness (QED) is 0.615. The van der Waals surface area contributed by atoms with E-state index < -0.39 is 11.8 Å². The molecule has 0 saturated heterocycles. The number of aromatic nitrogens is 2. The van der Waals surface area contributed by atoms with E-state index in [0.29, 0.717) is 17.2 Å². The Morgan fingerprint density at radius 2 is 1.93 bits per heavy atom. The Morgan fingerprint density at radius 1 is 1.21 bits per heavy atom. The Labute approximate surface area is 162 Å². The fraction of sp³-hybridized carbons (Fsp3) is 0.238. The summed E-state index contributed by atoms with van der Waals surface area (Å²) in [6.07, 6.45) is 0. The maximum Gasteiger partial charge on any atom is 0.337 e. The number of hydrogen-bond acceptors (Lipinski definition) is 4. The van der Waals surface area contributed by atoms with Gasteiger partial charge in [-0.15, -0.1) is 0 Å². The fourth-order valence-corrected chi connectivity index (χ4v) is 2.84. The SMILES string of the molecule is CC(C)(C)c1cc(Nc2ccccc2C(=O)O)n(-c2cc(F)ccc2CN)n1. The summed E-state index contributed by atoms with van der Waals surface area (Å²) in [5, 5.41) is 17.3. The van der Waals surface area contributed by atoms with Crippen LogP contribution >= 0.6 is 0 Å². The summed E-state index contributed by atoms with van der Waals surface area (Å²) >= 11 is 0. The first-order chi connectivity index (χ1) is 13.2. The molecule has 6 nitrogen and oxygen atoms in total. The Balaban J connectivity index is 2.18. The summed E-state index contributed by atoms with van der Waals surface area (Å²) < 4.78 is 15.5. The summed E-state index contributed by atoms with van der Waals surface area (Å²) in [6, 6.07) is 12.8. The van der Waals surface area contributed by atoms with Gasteiger partial charge >= 0.3 is 5.97 Å². The lowest BCUT2D eigenvalue weighted by molar-refractivity contribution is 0.0698. The van der Waals surface area contributed by atoms with Crippen molar-refractivity contribution >= 4 is 17.5 Å². The number of carboxylic acids is 1. The Bertz CT molecular complexity index is 1020. The molecular weight excluding hydrogens is 359 g/mol. The number of aromatic carboxylic acids is 1. The lowest BCUT2D eigenvalue weighted by Gasteiger charge is -2.15. The molecule has 0 aliphatic carbocycles. The second kappa shape index (κ2) is 7.44. The number of rotatable bonds is 5. The van der Waals surface area contributed by atoms with Gasteiger partial charge in [-0.3, -0.25) is 0 Å². The molecular formula is C21H23FN4O2. The first-order valence-corrected chi connectivity index (χ1v) is 8.89. The highest BCUT2D eigenvalue weighted by Gasteiger charge is 2.22. The van der Waals surface area contributed by atoms with E-state index in [-0.39, 0.29) is 17.5 Å². The van der Waals surface area contributed by atoms with Gasteiger partial charge in [-0.2, -0.15) is 5.10 Å². The number of carbonyl (C=O) groups is 1. The summed E-state index contributed by atoms with van der Waals surface area (Å²) in [6.45, 7) is 6.27. The van der Waals surface area contributed by atoms with Crippen LogP contribution in [-0.2, 0) is 12.0 Å². The van der Waals surface area contributed by atoms with E-state index in [1.807, 2.05) is 26.8 Å². The molecule has 146 valence electrons. The number of halogens is 1. The minimum Gasteiger partial charge on any atom is -0.478 e. The second-order valence-corrected chi connectivity index (χ2v) is 7.53. The highest BCUT2D eigenvalue weighted by molar-refractivity contribution is 5.95. The third kappa shape index (κ3) is 3.89. The highest BCUT2D eigenvalue weighted by atomic mass is 19.1. The van der Waals surface area contributed by atoms with Gasteiger partial charge in [-0.05, 0) is 29.8 Å². The normalized spacial score (nSPS) is 11.5. The number of nitrogens with one attached hydrogen (secondary N) is 1. The van der Waals surface area contributed by atoms with Crippen molar-refractivity contribution in [3.63, 3.8) is 0 Å². The molecule has 4 N–H and O–H groups in total. The Kier molecular flexibility index (Phi) is 5.20. The minimum atomic E-state index is -1.04. The van der Waals surface area contributed by atoms with Crippen LogP contribution in [0.1, 0.15) is 42.4 Å². The first-order valence-electron chi connectivity index (χ1n) is 8.89. The van der Waals surface area contributed by atoms with Crippen LogP contribution in [0.3, 0.4) is 0 Å². The number of hydrogen-bond donors (Lipinski definition) is 3. The molecule has 0 fully saturated rings. The minimum absolute atomic E-state index is 0.130. The zero-order valence-electron chi connectivity index (χ0n) is 16.0. The molecule has 0 unspecified atom stereocenters. The molecule has 0 radical (unpaired) electrons. The van der Waals surface area contributed by atoms with Crippen LogP contribution in [0.5, 0.6) is 0 Å². The average Bonchev–Trinajstić information content (AvgIpc) is 3.06. The van der Waals surface area contributed by atoms with E-state index in [0.717, 1.165) is 11.3 Å². The van der Waals surface area contributed by atoms with Gasteiger partial charge in [0.2, 0.25) is 0 Å². The van der Waals surface area contributed by atoms with Crippen LogP contribution in [0.25, 0.3) is 5.69 Å². The van der Waals surface area contributed by atoms with Crippen LogP contribution < -0.4 is 11.1 Å². The molecule has 0 spiro atoms. The average molecular weight is 382 g/mol. The van der Waals surface area contributed by atoms with Gasteiger partial charge in [-0.1, -0.05) is 39.0 Å². The maximum absolute atomic E-state index is 14.0. The van der Waals surface area contributed by atoms with Crippen LogP contribution in [0, 0.1) is 5.82 Å². The van der Waals surface area contributed by atoms with Crippen LogP contribution in [0.4, 0.5) is 15.9 Å². The third-order valence-corrected chi connectivity index (χ3v) is 4.39. The number of benzene rings is 2. The maximum atomic E-state index is 14.0. The molecule has 7 heteroatoms. The smallest absolute Gasteiger partial charge is 0.337 e. The van der Waals surface area contributed by atoms with Crippen molar-refractivity contribution in [2.75, 3.05) is 5.32 Å². The van der Waals surface area contributed by atoms with Gasteiger partial charge in [0.25, 0.3) is 0 Å². The molecule has 0 amide bonds. The Morgan fingerprint density at radius 3 is 2.57 bits per heavy atom. The van der Waals surface area contributed by atoms with E-state index in [1.165, 1.54) is 18.2 Å². The van der Waals surface area contributed by atoms with Crippen molar-refractivity contribution < 1.29 is 14.3 Å². The van der Waals surface area contributed by atoms with Crippen LogP contribution in [0.15, 0.2) is 48.5 Å². The fourth-order valence-electron chi connectivity index (χ4n) is 2.84. The number of nitrogens with zero attached hydrogens (tertiary/aromatic N) is 2. The molecule has 3 aromatic rings. The zero-order chi connectivity index (χ0) is 20.5. The summed E-state index contributed by atoms with van der Waals surface area (Å²) in [7, 11) is 0. The van der Waals surface area contributed by atoms with E-state index in [9.17, 15) is 14.3 Å². The van der Waals surface area contributed by atoms with Crippen molar-refractivity contribution in [1.29, 1.82) is 0 Å². The predicted molar refractivity (Wildman–Crippen MR) is 107 cm³/mol. The molecule has 0 aliphatic heterocycles. The predicted octanol–water partition coefficient (Wildman–Crippen LogP) is 4.21. The third-order valence-electron chi connectivity index (χ3n) is 4.39. The van der Waals surface area contributed by atoms with Crippen molar-refractivity contribution in [2.24, 2.45) is 5.73 Å². The highest BCUT2D eigenvalue weighted by Crippen LogP contribution is 2.30. The molecule has 0 saturated carbocycles. The monoisotopic (exact) mass is 382 g/mol. The largest absolute Gasteiger partial charge is 0.478 e. The van der Waals surface area contributed by atoms with Crippen molar-refractivity contribution in [2.45, 2.75) is 32.7 Å². The molecule has 28 heavy (non-hydrogen) atoms. The van der Waals surface area contributed by atoms with Crippen molar-refractivity contribution in [1.82, 2.24) is 9.78 Å². The number of carboxylic acid groups (broad SMARTS) is 1. The molecule has 0 atom stereocenters. The molecule has 3 rings (SSSR count). The van der Waals surface area contributed by atoms with E-state index in [2.05, 4.69) is 10.4 Å². The van der Waals surface area contributed by atoms with Crippen LogP contribution in [-0.4, -0.2) is 20.9 Å². The van der Waals surface area contributed by atoms with E-state index in [1.54, 1.807) is 28.9 Å². The topological polar surface area (TPSA) is 93.2 Å². The number of para-hydroxylation sites is 1. The van der Waals surface area contributed by atoms with E-state index in [4.69, 9.17) is 5.73 Å². The van der Waals surface area contributed by atoms with Gasteiger partial charge in [0.15, 0.2) is 0 Å². The van der Waals surface area contributed by atoms with Gasteiger partial charge in [0, 0.05) is 18.0 Å². The van der Waals surface area contributed by atoms with Crippen LogP contribution in [0.2, 0.25) is 0 Å². The first kappa shape index (κ1) is 19.6. The number of anilines is 2. The molecule has 1 aromatic heterocycles. The summed E-state index contributed by atoms with van der Waals surface area (Å²) in [5.41, 5.74) is 8.13. The lowest BCUT2D eigenvalue weighted by atomic mass is 9.92. The summed E-state index contributed by atoms with van der Waals surface area (Å²) in [4.78, 5) is 11.5. The summed E-state index contributed by atoms with van der Waals surface area (Å²) in [5.74, 6) is -0.922. The van der Waals surface area contributed by atoms with Gasteiger partial charge in [0.05, 0.1) is 22.6 Å². The van der Waals surface area contributed by atoms with Gasteiger partial charge in [-0.25, -0.2) is 13.9 Å². The van der Waals surface area contributed by atoms with Crippen molar-refractivity contribution in [3.8, 4) is 5.69 Å². The van der Waals surface area contributed by atoms with Gasteiger partial charge in [0.1, 0.15) is 11.6 Å². The van der Waals surface area contributed by atoms with Crippen molar-refractivity contribution in [3.05, 3.63) is 71.2 Å². The lowest BCUT2D eigenvalue weighted by Crippen LogP contribution is -2.13. The number of nitrogens with two attached hydrogens (primary N) is 1. The van der Waals surface area contributed by atoms with Gasteiger partial charge < -0.3 is 16.2 Å². The molecule has 1 heterocycles. The van der Waals surface area contributed by atoms with E-state index >= 15 is 0 Å². The Hall–Kier alpha value is -3.19.